The third-order valence-electron chi connectivity index (χ3n) is 6.60. The zero-order valence-corrected chi connectivity index (χ0v) is 17.6. The van der Waals surface area contributed by atoms with Gasteiger partial charge in [0.25, 0.3) is 0 Å². The van der Waals surface area contributed by atoms with E-state index in [9.17, 15) is 9.18 Å². The van der Waals surface area contributed by atoms with Crippen molar-refractivity contribution in [1.82, 2.24) is 14.0 Å². The molecule has 2 fully saturated rings. The molecule has 2 aromatic rings. The Bertz CT molecular complexity index is 1020. The summed E-state index contributed by atoms with van der Waals surface area (Å²) in [5, 5.41) is 0. The molecule has 0 bridgehead atoms. The summed E-state index contributed by atoms with van der Waals surface area (Å²) in [6, 6.07) is 5.17. The first-order chi connectivity index (χ1) is 12.9. The summed E-state index contributed by atoms with van der Waals surface area (Å²) >= 11 is 9.13. The van der Waals surface area contributed by atoms with Crippen molar-refractivity contribution in [2.75, 3.05) is 13.1 Å². The molecule has 0 unspecified atom stereocenters. The molecule has 1 amide bonds. The van der Waals surface area contributed by atoms with Gasteiger partial charge in [-0.1, -0.05) is 15.9 Å². The number of benzene rings is 1. The molecule has 0 spiro atoms. The lowest BCUT2D eigenvalue weighted by Crippen LogP contribution is -2.30. The van der Waals surface area contributed by atoms with E-state index < -0.39 is 0 Å². The minimum absolute atomic E-state index is 0.156. The van der Waals surface area contributed by atoms with E-state index >= 15 is 0 Å². The van der Waals surface area contributed by atoms with Crippen molar-refractivity contribution in [1.29, 1.82) is 0 Å². The van der Waals surface area contributed by atoms with Crippen LogP contribution < -0.4 is 0 Å². The number of likely N-dealkylation sites (tertiary alicyclic amines) is 1. The van der Waals surface area contributed by atoms with Crippen LogP contribution in [0.1, 0.15) is 42.1 Å². The first-order valence-corrected chi connectivity index (χ1v) is 10.6. The molecule has 1 aliphatic carbocycles. The number of rotatable bonds is 3. The van der Waals surface area contributed by atoms with Crippen molar-refractivity contribution >= 4 is 34.1 Å². The predicted molar refractivity (Wildman–Crippen MR) is 107 cm³/mol. The summed E-state index contributed by atoms with van der Waals surface area (Å²) in [5.74, 6) is 0.264. The van der Waals surface area contributed by atoms with Gasteiger partial charge in [-0.2, -0.15) is 0 Å². The van der Waals surface area contributed by atoms with Gasteiger partial charge in [-0.15, -0.1) is 0 Å². The Hall–Kier alpha value is -1.47. The molecule has 0 radical (unpaired) electrons. The Balaban J connectivity index is 1.52. The van der Waals surface area contributed by atoms with Gasteiger partial charge in [0.2, 0.25) is 5.91 Å². The monoisotopic (exact) mass is 449 g/mol. The van der Waals surface area contributed by atoms with Crippen LogP contribution in [0.4, 0.5) is 4.39 Å². The topological polar surface area (TPSA) is 30.2 Å². The fourth-order valence-electron chi connectivity index (χ4n) is 5.08. The predicted octanol–water partition coefficient (Wildman–Crippen LogP) is 4.06. The molecule has 2 aliphatic heterocycles. The second-order valence-electron chi connectivity index (χ2n) is 8.06. The van der Waals surface area contributed by atoms with E-state index in [2.05, 4.69) is 20.5 Å². The summed E-state index contributed by atoms with van der Waals surface area (Å²) in [7, 11) is 1.95. The van der Waals surface area contributed by atoms with Crippen LogP contribution in [-0.4, -0.2) is 33.0 Å². The number of amides is 1. The molecular formula is C20H21BrFN3OS. The standard InChI is InChI=1S/C20H21BrFN3OS/c1-23-16(9-17(26)24-6-2-3-7-24)18-14-10-20(14,11-25(18)19(23)27)13-8-12(21)4-5-15(13)22/h4-5,8,14H,2-3,6-7,9-11H2,1H3/t14-,20+/m0/s1. The zero-order valence-electron chi connectivity index (χ0n) is 15.2. The second kappa shape index (κ2) is 6.01. The Labute approximate surface area is 171 Å². The van der Waals surface area contributed by atoms with Gasteiger partial charge in [0.15, 0.2) is 4.77 Å². The number of hydrogen-bond donors (Lipinski definition) is 0. The molecule has 1 saturated heterocycles. The van der Waals surface area contributed by atoms with E-state index in [0.29, 0.717) is 13.0 Å². The van der Waals surface area contributed by atoms with Crippen molar-refractivity contribution in [3.05, 3.63) is 50.2 Å². The Morgan fingerprint density at radius 1 is 1.37 bits per heavy atom. The number of carbonyl (C=O) groups is 1. The highest BCUT2D eigenvalue weighted by Crippen LogP contribution is 2.66. The van der Waals surface area contributed by atoms with Gasteiger partial charge >= 0.3 is 0 Å². The number of halogens is 2. The van der Waals surface area contributed by atoms with Crippen LogP contribution in [0.2, 0.25) is 0 Å². The molecule has 2 atom stereocenters. The first kappa shape index (κ1) is 17.6. The molecule has 1 aromatic heterocycles. The van der Waals surface area contributed by atoms with Crippen LogP contribution >= 0.6 is 28.1 Å². The number of fused-ring (bicyclic) bond motifs is 3. The van der Waals surface area contributed by atoms with Crippen LogP contribution in [0.5, 0.6) is 0 Å². The van der Waals surface area contributed by atoms with Gasteiger partial charge in [0, 0.05) is 53.9 Å². The maximum atomic E-state index is 14.6. The largest absolute Gasteiger partial charge is 0.342 e. The smallest absolute Gasteiger partial charge is 0.228 e. The van der Waals surface area contributed by atoms with Crippen molar-refractivity contribution in [2.45, 2.75) is 43.6 Å². The average molecular weight is 450 g/mol. The molecule has 0 N–H and O–H groups in total. The summed E-state index contributed by atoms with van der Waals surface area (Å²) < 4.78 is 20.3. The van der Waals surface area contributed by atoms with Crippen LogP contribution in [0.15, 0.2) is 22.7 Å². The number of carbonyl (C=O) groups excluding carboxylic acids is 1. The molecular weight excluding hydrogens is 429 g/mol. The molecule has 1 saturated carbocycles. The summed E-state index contributed by atoms with van der Waals surface area (Å²) in [4.78, 5) is 14.7. The van der Waals surface area contributed by atoms with Gasteiger partial charge < -0.3 is 14.0 Å². The normalized spacial score (nSPS) is 25.6. The number of aromatic nitrogens is 2. The second-order valence-corrected chi connectivity index (χ2v) is 9.34. The maximum absolute atomic E-state index is 14.6. The molecule has 3 aliphatic rings. The van der Waals surface area contributed by atoms with Gasteiger partial charge in [0.1, 0.15) is 5.82 Å². The average Bonchev–Trinajstić information content (AvgIpc) is 3.00. The van der Waals surface area contributed by atoms with Gasteiger partial charge in [-0.3, -0.25) is 4.79 Å². The van der Waals surface area contributed by atoms with Crippen molar-refractivity contribution in [3.63, 3.8) is 0 Å². The van der Waals surface area contributed by atoms with E-state index in [1.165, 1.54) is 6.07 Å². The zero-order chi connectivity index (χ0) is 18.9. The summed E-state index contributed by atoms with van der Waals surface area (Å²) in [6.07, 6.45) is 3.48. The minimum Gasteiger partial charge on any atom is -0.342 e. The van der Waals surface area contributed by atoms with Crippen molar-refractivity contribution < 1.29 is 9.18 Å². The minimum atomic E-state index is -0.212. The molecule has 142 valence electrons. The number of imidazole rings is 1. The molecule has 1 aromatic carbocycles. The lowest BCUT2D eigenvalue weighted by molar-refractivity contribution is -0.129. The van der Waals surface area contributed by atoms with E-state index in [0.717, 1.165) is 58.5 Å². The first-order valence-electron chi connectivity index (χ1n) is 9.44. The van der Waals surface area contributed by atoms with Gasteiger partial charge in [-0.25, -0.2) is 4.39 Å². The molecule has 7 heteroatoms. The summed E-state index contributed by atoms with van der Waals surface area (Å²) in [5.41, 5.74) is 2.71. The lowest BCUT2D eigenvalue weighted by atomic mass is 9.93. The van der Waals surface area contributed by atoms with E-state index in [-0.39, 0.29) is 23.1 Å². The molecule has 3 heterocycles. The van der Waals surface area contributed by atoms with Gasteiger partial charge in [-0.05, 0) is 55.2 Å². The van der Waals surface area contributed by atoms with Crippen LogP contribution in [-0.2, 0) is 30.2 Å². The third-order valence-corrected chi connectivity index (χ3v) is 7.58. The molecule has 4 nitrogen and oxygen atoms in total. The number of hydrogen-bond acceptors (Lipinski definition) is 2. The highest BCUT2D eigenvalue weighted by molar-refractivity contribution is 9.10. The third kappa shape index (κ3) is 2.50. The van der Waals surface area contributed by atoms with Crippen LogP contribution in [0, 0.1) is 10.6 Å². The number of nitrogens with zero attached hydrogens (tertiary/aromatic N) is 3. The van der Waals surface area contributed by atoms with E-state index in [4.69, 9.17) is 12.2 Å². The lowest BCUT2D eigenvalue weighted by Gasteiger charge is -2.16. The highest BCUT2D eigenvalue weighted by Gasteiger charge is 2.63. The molecule has 27 heavy (non-hydrogen) atoms. The maximum Gasteiger partial charge on any atom is 0.228 e. The van der Waals surface area contributed by atoms with Crippen LogP contribution in [0.3, 0.4) is 0 Å². The fourth-order valence-corrected chi connectivity index (χ4v) is 5.72. The summed E-state index contributed by atoms with van der Waals surface area (Å²) in [6.45, 7) is 2.41. The van der Waals surface area contributed by atoms with Crippen molar-refractivity contribution in [3.8, 4) is 0 Å². The van der Waals surface area contributed by atoms with Crippen LogP contribution in [0.25, 0.3) is 0 Å². The quantitative estimate of drug-likeness (QED) is 0.661. The fraction of sp³-hybridized carbons (Fsp3) is 0.500. The Morgan fingerprint density at radius 3 is 2.85 bits per heavy atom. The Kier molecular flexibility index (Phi) is 3.92. The van der Waals surface area contributed by atoms with E-state index in [1.807, 2.05) is 22.6 Å². The molecule has 5 rings (SSSR count). The van der Waals surface area contributed by atoms with Gasteiger partial charge in [0.05, 0.1) is 6.42 Å². The van der Waals surface area contributed by atoms with E-state index in [1.54, 1.807) is 6.07 Å². The SMILES string of the molecule is Cn1c(CC(=O)N2CCCC2)c2n(c1=S)C[C@@]1(c3cc(Br)ccc3F)C[C@@H]21. The van der Waals surface area contributed by atoms with Crippen molar-refractivity contribution in [2.24, 2.45) is 7.05 Å². The Morgan fingerprint density at radius 2 is 2.11 bits per heavy atom. The highest BCUT2D eigenvalue weighted by atomic mass is 79.9.